The first-order chi connectivity index (χ1) is 15.0. The van der Waals surface area contributed by atoms with Crippen LogP contribution in [0.1, 0.15) is 19.3 Å². The molecular formula is C21H24N4O3S3. The lowest BCUT2D eigenvalue weighted by Crippen LogP contribution is -2.57. The number of thiophene rings is 1. The molecule has 1 aromatic carbocycles. The summed E-state index contributed by atoms with van der Waals surface area (Å²) in [6.07, 6.45) is 2.25. The van der Waals surface area contributed by atoms with Gasteiger partial charge in [0.15, 0.2) is 5.13 Å². The summed E-state index contributed by atoms with van der Waals surface area (Å²) in [6.45, 7) is 2.98. The molecule has 1 atom stereocenters. The third kappa shape index (κ3) is 3.97. The van der Waals surface area contributed by atoms with Gasteiger partial charge in [-0.1, -0.05) is 36.0 Å². The lowest BCUT2D eigenvalue weighted by atomic mass is 10.0. The van der Waals surface area contributed by atoms with E-state index in [-0.39, 0.29) is 5.91 Å². The number of nitrogens with zero attached hydrogens (tertiary/aromatic N) is 4. The molecule has 3 aromatic rings. The Morgan fingerprint density at radius 3 is 2.55 bits per heavy atom. The normalized spacial score (nSPS) is 21.0. The predicted octanol–water partition coefficient (Wildman–Crippen LogP) is 3.25. The van der Waals surface area contributed by atoms with Gasteiger partial charge in [-0.15, -0.1) is 11.3 Å². The summed E-state index contributed by atoms with van der Waals surface area (Å²) in [6, 6.07) is 10.8. The fourth-order valence-electron chi connectivity index (χ4n) is 4.29. The van der Waals surface area contributed by atoms with Gasteiger partial charge in [-0.3, -0.25) is 4.79 Å². The topological polar surface area (TPSA) is 73.8 Å². The van der Waals surface area contributed by atoms with Crippen LogP contribution in [-0.2, 0) is 14.8 Å². The van der Waals surface area contributed by atoms with Crippen LogP contribution in [0.3, 0.4) is 0 Å². The third-order valence-electron chi connectivity index (χ3n) is 5.94. The number of hydrogen-bond acceptors (Lipinski definition) is 7. The zero-order chi connectivity index (χ0) is 21.4. The Kier molecular flexibility index (Phi) is 5.72. The van der Waals surface area contributed by atoms with Crippen LogP contribution in [0.25, 0.3) is 10.2 Å². The van der Waals surface area contributed by atoms with Crippen molar-refractivity contribution in [3.8, 4) is 0 Å². The second-order valence-electron chi connectivity index (χ2n) is 7.84. The van der Waals surface area contributed by atoms with E-state index in [4.69, 9.17) is 4.98 Å². The number of fused-ring (bicyclic) bond motifs is 1. The van der Waals surface area contributed by atoms with Crippen LogP contribution in [0.2, 0.25) is 0 Å². The summed E-state index contributed by atoms with van der Waals surface area (Å²) < 4.78 is 29.1. The van der Waals surface area contributed by atoms with Crippen molar-refractivity contribution in [2.45, 2.75) is 29.5 Å². The minimum Gasteiger partial charge on any atom is -0.345 e. The number of benzene rings is 1. The first kappa shape index (κ1) is 20.9. The molecule has 2 fully saturated rings. The van der Waals surface area contributed by atoms with Gasteiger partial charge in [-0.05, 0) is 36.4 Å². The minimum atomic E-state index is -3.63. The van der Waals surface area contributed by atoms with E-state index in [1.54, 1.807) is 28.8 Å². The Balaban J connectivity index is 1.29. The largest absolute Gasteiger partial charge is 0.345 e. The average molecular weight is 477 g/mol. The van der Waals surface area contributed by atoms with Crippen LogP contribution in [0.5, 0.6) is 0 Å². The Labute approximate surface area is 190 Å². The van der Waals surface area contributed by atoms with Crippen LogP contribution in [-0.4, -0.2) is 67.3 Å². The van der Waals surface area contributed by atoms with Crippen LogP contribution in [0, 0.1) is 0 Å². The number of sulfonamides is 1. The molecule has 2 saturated heterocycles. The van der Waals surface area contributed by atoms with Crippen molar-refractivity contribution < 1.29 is 13.2 Å². The molecule has 0 radical (unpaired) electrons. The number of aromatic nitrogens is 1. The van der Waals surface area contributed by atoms with Gasteiger partial charge < -0.3 is 9.80 Å². The van der Waals surface area contributed by atoms with Crippen molar-refractivity contribution in [2.24, 2.45) is 0 Å². The van der Waals surface area contributed by atoms with E-state index < -0.39 is 16.1 Å². The van der Waals surface area contributed by atoms with Crippen molar-refractivity contribution in [1.29, 1.82) is 0 Å². The van der Waals surface area contributed by atoms with Gasteiger partial charge in [0.2, 0.25) is 5.91 Å². The van der Waals surface area contributed by atoms with E-state index in [0.29, 0.717) is 43.4 Å². The monoisotopic (exact) mass is 476 g/mol. The number of anilines is 1. The lowest BCUT2D eigenvalue weighted by molar-refractivity contribution is -0.136. The number of piperidine rings is 1. The fraction of sp³-hybridized carbons (Fsp3) is 0.429. The SMILES string of the molecule is O=C(C1CCCCN1S(=O)(=O)c1cccs1)N1CCN(c2nc3ccccc3s2)CC1. The smallest absolute Gasteiger partial charge is 0.253 e. The van der Waals surface area contributed by atoms with E-state index in [1.165, 1.54) is 15.6 Å². The molecule has 1 amide bonds. The molecule has 2 aliphatic heterocycles. The van der Waals surface area contributed by atoms with Crippen molar-refractivity contribution in [3.05, 3.63) is 41.8 Å². The molecule has 4 heterocycles. The van der Waals surface area contributed by atoms with Crippen molar-refractivity contribution in [1.82, 2.24) is 14.2 Å². The molecule has 5 rings (SSSR count). The number of rotatable bonds is 4. The summed E-state index contributed by atoms with van der Waals surface area (Å²) in [4.78, 5) is 22.1. The van der Waals surface area contributed by atoms with Gasteiger partial charge in [-0.2, -0.15) is 4.31 Å². The summed E-state index contributed by atoms with van der Waals surface area (Å²) in [5.41, 5.74) is 0.998. The quantitative estimate of drug-likeness (QED) is 0.578. The molecule has 1 unspecified atom stereocenters. The molecule has 0 aliphatic carbocycles. The maximum absolute atomic E-state index is 13.4. The van der Waals surface area contributed by atoms with Gasteiger partial charge in [0.05, 0.1) is 10.2 Å². The van der Waals surface area contributed by atoms with E-state index in [2.05, 4.69) is 11.0 Å². The molecule has 10 heteroatoms. The average Bonchev–Trinajstić information content (AvgIpc) is 3.49. The molecule has 0 bridgehead atoms. The Morgan fingerprint density at radius 2 is 1.81 bits per heavy atom. The Hall–Kier alpha value is -2.01. The number of piperazine rings is 1. The van der Waals surface area contributed by atoms with E-state index in [1.807, 2.05) is 23.1 Å². The first-order valence-electron chi connectivity index (χ1n) is 10.5. The lowest BCUT2D eigenvalue weighted by Gasteiger charge is -2.40. The first-order valence-corrected chi connectivity index (χ1v) is 13.6. The highest BCUT2D eigenvalue weighted by atomic mass is 32.2. The number of amides is 1. The van der Waals surface area contributed by atoms with Gasteiger partial charge in [-0.25, -0.2) is 13.4 Å². The second-order valence-corrected chi connectivity index (χ2v) is 11.9. The van der Waals surface area contributed by atoms with Crippen LogP contribution in [0.15, 0.2) is 46.0 Å². The summed E-state index contributed by atoms with van der Waals surface area (Å²) >= 11 is 2.87. The summed E-state index contributed by atoms with van der Waals surface area (Å²) in [5, 5.41) is 2.74. The maximum Gasteiger partial charge on any atom is 0.253 e. The Morgan fingerprint density at radius 1 is 1.00 bits per heavy atom. The number of hydrogen-bond donors (Lipinski definition) is 0. The molecule has 0 saturated carbocycles. The standard InChI is InChI=1S/C21H24N4O3S3/c26-20(17-7-3-4-10-25(17)31(27,28)19-9-5-15-29-19)23-11-13-24(14-12-23)21-22-16-6-1-2-8-18(16)30-21/h1-2,5-6,8-9,15,17H,3-4,7,10-14H2. The second kappa shape index (κ2) is 8.50. The fourth-order valence-corrected chi connectivity index (χ4v) is 8.08. The Bertz CT molecular complexity index is 1130. The molecule has 0 N–H and O–H groups in total. The maximum atomic E-state index is 13.4. The summed E-state index contributed by atoms with van der Waals surface area (Å²) in [7, 11) is -3.63. The van der Waals surface area contributed by atoms with Crippen LogP contribution >= 0.6 is 22.7 Å². The molecule has 2 aromatic heterocycles. The molecular weight excluding hydrogens is 452 g/mol. The van der Waals surface area contributed by atoms with Crippen molar-refractivity contribution >= 4 is 54.0 Å². The molecule has 164 valence electrons. The molecule has 7 nitrogen and oxygen atoms in total. The minimum absolute atomic E-state index is 0.0659. The predicted molar refractivity (Wildman–Crippen MR) is 124 cm³/mol. The molecule has 0 spiro atoms. The molecule has 2 aliphatic rings. The highest BCUT2D eigenvalue weighted by Gasteiger charge is 2.40. The van der Waals surface area contributed by atoms with Crippen LogP contribution in [0.4, 0.5) is 5.13 Å². The zero-order valence-corrected chi connectivity index (χ0v) is 19.5. The van der Waals surface area contributed by atoms with Crippen molar-refractivity contribution in [3.63, 3.8) is 0 Å². The molecule has 31 heavy (non-hydrogen) atoms. The highest BCUT2D eigenvalue weighted by Crippen LogP contribution is 2.31. The van der Waals surface area contributed by atoms with E-state index in [9.17, 15) is 13.2 Å². The van der Waals surface area contributed by atoms with E-state index in [0.717, 1.165) is 28.2 Å². The van der Waals surface area contributed by atoms with Gasteiger partial charge in [0, 0.05) is 32.7 Å². The number of para-hydroxylation sites is 1. The zero-order valence-electron chi connectivity index (χ0n) is 17.0. The number of carbonyl (C=O) groups is 1. The van der Waals surface area contributed by atoms with Crippen LogP contribution < -0.4 is 4.90 Å². The van der Waals surface area contributed by atoms with Gasteiger partial charge >= 0.3 is 0 Å². The van der Waals surface area contributed by atoms with E-state index >= 15 is 0 Å². The van der Waals surface area contributed by atoms with Gasteiger partial charge in [0.25, 0.3) is 10.0 Å². The van der Waals surface area contributed by atoms with Gasteiger partial charge in [0.1, 0.15) is 10.3 Å². The number of thiazole rings is 1. The summed E-state index contributed by atoms with van der Waals surface area (Å²) in [5.74, 6) is -0.0659. The number of carbonyl (C=O) groups excluding carboxylic acids is 1. The van der Waals surface area contributed by atoms with Crippen molar-refractivity contribution in [2.75, 3.05) is 37.6 Å². The third-order valence-corrected chi connectivity index (χ3v) is 10.3. The highest BCUT2D eigenvalue weighted by molar-refractivity contribution is 7.91.